The summed E-state index contributed by atoms with van der Waals surface area (Å²) in [6, 6.07) is 12.1. The lowest BCUT2D eigenvalue weighted by Gasteiger charge is -2.09. The molecular formula is C12H15N3. The van der Waals surface area contributed by atoms with E-state index in [1.807, 2.05) is 54.9 Å². The third kappa shape index (κ3) is 1.92. The Morgan fingerprint density at radius 1 is 1.27 bits per heavy atom. The molecule has 2 aromatic rings. The van der Waals surface area contributed by atoms with E-state index in [0.29, 0.717) is 0 Å². The SMILES string of the molecule is Cc1cc([C@@H](C)N)n(-c2ccccc2)n1. The molecule has 0 amide bonds. The Morgan fingerprint density at radius 3 is 2.53 bits per heavy atom. The van der Waals surface area contributed by atoms with Crippen molar-refractivity contribution >= 4 is 0 Å². The molecule has 0 saturated carbocycles. The fraction of sp³-hybridized carbons (Fsp3) is 0.250. The summed E-state index contributed by atoms with van der Waals surface area (Å²) in [5.41, 5.74) is 8.99. The van der Waals surface area contributed by atoms with E-state index in [1.54, 1.807) is 0 Å². The summed E-state index contributed by atoms with van der Waals surface area (Å²) in [4.78, 5) is 0. The lowest BCUT2D eigenvalue weighted by Crippen LogP contribution is -2.11. The summed E-state index contributed by atoms with van der Waals surface area (Å²) >= 11 is 0. The average Bonchev–Trinajstić information content (AvgIpc) is 2.62. The van der Waals surface area contributed by atoms with E-state index in [1.165, 1.54) is 0 Å². The van der Waals surface area contributed by atoms with Crippen molar-refractivity contribution in [3.8, 4) is 5.69 Å². The number of rotatable bonds is 2. The second kappa shape index (κ2) is 3.87. The molecule has 1 aromatic carbocycles. The van der Waals surface area contributed by atoms with Crippen molar-refractivity contribution in [1.29, 1.82) is 0 Å². The second-order valence-electron chi connectivity index (χ2n) is 3.75. The molecule has 0 saturated heterocycles. The van der Waals surface area contributed by atoms with Gasteiger partial charge in [0.25, 0.3) is 0 Å². The molecule has 0 fully saturated rings. The average molecular weight is 201 g/mol. The molecule has 3 heteroatoms. The lowest BCUT2D eigenvalue weighted by molar-refractivity contribution is 0.708. The third-order valence-corrected chi connectivity index (χ3v) is 2.33. The highest BCUT2D eigenvalue weighted by molar-refractivity contribution is 5.34. The molecule has 0 aliphatic carbocycles. The van der Waals surface area contributed by atoms with Gasteiger partial charge in [-0.3, -0.25) is 0 Å². The lowest BCUT2D eigenvalue weighted by atomic mass is 10.2. The minimum atomic E-state index is -0.00796. The topological polar surface area (TPSA) is 43.8 Å². The molecule has 1 heterocycles. The molecule has 0 bridgehead atoms. The molecule has 0 aliphatic rings. The number of nitrogens with zero attached hydrogens (tertiary/aromatic N) is 2. The number of para-hydroxylation sites is 1. The van der Waals surface area contributed by atoms with E-state index in [0.717, 1.165) is 17.1 Å². The van der Waals surface area contributed by atoms with E-state index in [4.69, 9.17) is 5.73 Å². The van der Waals surface area contributed by atoms with Gasteiger partial charge in [0.1, 0.15) is 0 Å². The summed E-state index contributed by atoms with van der Waals surface area (Å²) in [7, 11) is 0. The maximum atomic E-state index is 5.90. The zero-order valence-electron chi connectivity index (χ0n) is 9.01. The van der Waals surface area contributed by atoms with Gasteiger partial charge in [0.2, 0.25) is 0 Å². The molecule has 2 N–H and O–H groups in total. The maximum Gasteiger partial charge on any atom is 0.0649 e. The van der Waals surface area contributed by atoms with Gasteiger partial charge in [0.05, 0.1) is 17.1 Å². The number of hydrogen-bond donors (Lipinski definition) is 1. The second-order valence-corrected chi connectivity index (χ2v) is 3.75. The van der Waals surface area contributed by atoms with Gasteiger partial charge in [0, 0.05) is 6.04 Å². The Morgan fingerprint density at radius 2 is 1.93 bits per heavy atom. The van der Waals surface area contributed by atoms with Crippen LogP contribution in [0.25, 0.3) is 5.69 Å². The van der Waals surface area contributed by atoms with Crippen molar-refractivity contribution in [2.75, 3.05) is 0 Å². The Hall–Kier alpha value is -1.61. The van der Waals surface area contributed by atoms with Gasteiger partial charge in [-0.15, -0.1) is 0 Å². The van der Waals surface area contributed by atoms with Crippen LogP contribution in [-0.2, 0) is 0 Å². The van der Waals surface area contributed by atoms with Crippen LogP contribution in [0.15, 0.2) is 36.4 Å². The maximum absolute atomic E-state index is 5.90. The van der Waals surface area contributed by atoms with Crippen LogP contribution in [0.1, 0.15) is 24.4 Å². The third-order valence-electron chi connectivity index (χ3n) is 2.33. The first-order valence-corrected chi connectivity index (χ1v) is 5.06. The summed E-state index contributed by atoms with van der Waals surface area (Å²) in [5.74, 6) is 0. The standard InChI is InChI=1S/C12H15N3/c1-9-8-12(10(2)13)15(14-9)11-6-4-3-5-7-11/h3-8,10H,13H2,1-2H3/t10-/m1/s1. The first-order chi connectivity index (χ1) is 7.18. The molecule has 1 aromatic heterocycles. The molecular weight excluding hydrogens is 186 g/mol. The molecule has 3 nitrogen and oxygen atoms in total. The Bertz CT molecular complexity index is 443. The molecule has 78 valence electrons. The normalized spacial score (nSPS) is 12.7. The number of aromatic nitrogens is 2. The van der Waals surface area contributed by atoms with Crippen LogP contribution in [0.3, 0.4) is 0 Å². The highest BCUT2D eigenvalue weighted by atomic mass is 15.3. The van der Waals surface area contributed by atoms with E-state index in [9.17, 15) is 0 Å². The number of hydrogen-bond acceptors (Lipinski definition) is 2. The summed E-state index contributed by atoms with van der Waals surface area (Å²) in [6.45, 7) is 3.95. The van der Waals surface area contributed by atoms with E-state index in [-0.39, 0.29) is 6.04 Å². The Balaban J connectivity index is 2.53. The molecule has 1 atom stereocenters. The van der Waals surface area contributed by atoms with Gasteiger partial charge >= 0.3 is 0 Å². The highest BCUT2D eigenvalue weighted by Crippen LogP contribution is 2.16. The summed E-state index contributed by atoms with van der Waals surface area (Å²) in [6.07, 6.45) is 0. The van der Waals surface area contributed by atoms with Gasteiger partial charge in [-0.1, -0.05) is 18.2 Å². The minimum Gasteiger partial charge on any atom is -0.323 e. The monoisotopic (exact) mass is 201 g/mol. The smallest absolute Gasteiger partial charge is 0.0649 e. The van der Waals surface area contributed by atoms with Crippen LogP contribution in [0.2, 0.25) is 0 Å². The number of nitrogens with two attached hydrogens (primary N) is 1. The molecule has 0 unspecified atom stereocenters. The fourth-order valence-electron chi connectivity index (χ4n) is 1.62. The van der Waals surface area contributed by atoms with Gasteiger partial charge in [-0.2, -0.15) is 5.10 Å². The molecule has 0 radical (unpaired) electrons. The molecule has 0 spiro atoms. The van der Waals surface area contributed by atoms with Gasteiger partial charge in [-0.05, 0) is 32.0 Å². The van der Waals surface area contributed by atoms with E-state index >= 15 is 0 Å². The highest BCUT2D eigenvalue weighted by Gasteiger charge is 2.10. The predicted octanol–water partition coefficient (Wildman–Crippen LogP) is 2.20. The quantitative estimate of drug-likeness (QED) is 0.809. The van der Waals surface area contributed by atoms with E-state index in [2.05, 4.69) is 5.10 Å². The van der Waals surface area contributed by atoms with Crippen LogP contribution in [0.5, 0.6) is 0 Å². The van der Waals surface area contributed by atoms with Crippen molar-refractivity contribution < 1.29 is 0 Å². The fourth-order valence-corrected chi connectivity index (χ4v) is 1.62. The zero-order chi connectivity index (χ0) is 10.8. The summed E-state index contributed by atoms with van der Waals surface area (Å²) in [5, 5.41) is 4.44. The molecule has 15 heavy (non-hydrogen) atoms. The van der Waals surface area contributed by atoms with Crippen LogP contribution in [0.4, 0.5) is 0 Å². The number of benzene rings is 1. The minimum absolute atomic E-state index is 0.00796. The van der Waals surface area contributed by atoms with Crippen molar-refractivity contribution in [3.63, 3.8) is 0 Å². The van der Waals surface area contributed by atoms with Crippen LogP contribution in [-0.4, -0.2) is 9.78 Å². The number of aryl methyl sites for hydroxylation is 1. The Labute approximate surface area is 89.5 Å². The van der Waals surface area contributed by atoms with Gasteiger partial charge < -0.3 is 5.73 Å². The molecule has 0 aliphatic heterocycles. The molecule has 2 rings (SSSR count). The zero-order valence-corrected chi connectivity index (χ0v) is 9.01. The van der Waals surface area contributed by atoms with Crippen molar-refractivity contribution in [3.05, 3.63) is 47.8 Å². The van der Waals surface area contributed by atoms with Gasteiger partial charge in [0.15, 0.2) is 0 Å². The Kier molecular flexibility index (Phi) is 2.56. The van der Waals surface area contributed by atoms with Crippen LogP contribution >= 0.6 is 0 Å². The first-order valence-electron chi connectivity index (χ1n) is 5.06. The van der Waals surface area contributed by atoms with Crippen molar-refractivity contribution in [2.24, 2.45) is 5.73 Å². The largest absolute Gasteiger partial charge is 0.323 e. The van der Waals surface area contributed by atoms with Crippen LogP contribution < -0.4 is 5.73 Å². The first kappa shape index (κ1) is 9.93. The van der Waals surface area contributed by atoms with Crippen LogP contribution in [0, 0.1) is 6.92 Å². The van der Waals surface area contributed by atoms with Crippen molar-refractivity contribution in [2.45, 2.75) is 19.9 Å². The van der Waals surface area contributed by atoms with Gasteiger partial charge in [-0.25, -0.2) is 4.68 Å². The predicted molar refractivity (Wildman–Crippen MR) is 60.9 cm³/mol. The van der Waals surface area contributed by atoms with Crippen molar-refractivity contribution in [1.82, 2.24) is 9.78 Å². The van der Waals surface area contributed by atoms with E-state index < -0.39 is 0 Å². The summed E-state index contributed by atoms with van der Waals surface area (Å²) < 4.78 is 1.90.